The van der Waals surface area contributed by atoms with Gasteiger partial charge in [0.15, 0.2) is 0 Å². The molecule has 0 aliphatic carbocycles. The van der Waals surface area contributed by atoms with Crippen molar-refractivity contribution >= 4 is 17.3 Å². The van der Waals surface area contributed by atoms with Crippen LogP contribution in [0.3, 0.4) is 0 Å². The Bertz CT molecular complexity index is 302. The van der Waals surface area contributed by atoms with Crippen molar-refractivity contribution in [2.45, 2.75) is 25.9 Å². The van der Waals surface area contributed by atoms with E-state index in [9.17, 15) is 5.11 Å². The first-order valence-corrected chi connectivity index (χ1v) is 4.99. The lowest BCUT2D eigenvalue weighted by atomic mass is 10.0. The molecule has 0 fully saturated rings. The third-order valence-electron chi connectivity index (χ3n) is 2.16. The predicted octanol–water partition coefficient (Wildman–Crippen LogP) is 2.31. The molecular formula is C10H15ClN2O. The number of pyridine rings is 1. The summed E-state index contributed by atoms with van der Waals surface area (Å²) in [6.07, 6.45) is 2.34. The average molecular weight is 215 g/mol. The largest absolute Gasteiger partial charge is 0.388 e. The average Bonchev–Trinajstić information content (AvgIpc) is 2.15. The van der Waals surface area contributed by atoms with E-state index in [-0.39, 0.29) is 0 Å². The minimum Gasteiger partial charge on any atom is -0.388 e. The van der Waals surface area contributed by atoms with Crippen LogP contribution >= 0.6 is 11.6 Å². The molecule has 0 bridgehead atoms. The lowest BCUT2D eigenvalue weighted by Crippen LogP contribution is -2.32. The minimum absolute atomic E-state index is 0.450. The Morgan fingerprint density at radius 1 is 1.64 bits per heavy atom. The second-order valence-corrected chi connectivity index (χ2v) is 3.96. The van der Waals surface area contributed by atoms with Crippen LogP contribution in [-0.4, -0.2) is 22.2 Å². The lowest BCUT2D eigenvalue weighted by molar-refractivity contribution is 0.0697. The summed E-state index contributed by atoms with van der Waals surface area (Å²) in [7, 11) is 0. The van der Waals surface area contributed by atoms with Gasteiger partial charge in [-0.15, -0.1) is 0 Å². The van der Waals surface area contributed by atoms with Crippen LogP contribution in [0, 0.1) is 0 Å². The molecular weight excluding hydrogens is 200 g/mol. The summed E-state index contributed by atoms with van der Waals surface area (Å²) < 4.78 is 0. The van der Waals surface area contributed by atoms with Crippen LogP contribution in [0.4, 0.5) is 5.69 Å². The summed E-state index contributed by atoms with van der Waals surface area (Å²) in [5, 5.41) is 13.3. The highest BCUT2D eigenvalue weighted by atomic mass is 35.5. The molecule has 0 aliphatic rings. The number of hydrogen-bond acceptors (Lipinski definition) is 3. The summed E-state index contributed by atoms with van der Waals surface area (Å²) in [6.45, 7) is 4.24. The summed E-state index contributed by atoms with van der Waals surface area (Å²) in [6, 6.07) is 3.55. The van der Waals surface area contributed by atoms with Crippen molar-refractivity contribution in [1.82, 2.24) is 4.98 Å². The van der Waals surface area contributed by atoms with Gasteiger partial charge in [-0.3, -0.25) is 0 Å². The van der Waals surface area contributed by atoms with Crippen LogP contribution in [0.1, 0.15) is 20.3 Å². The molecule has 1 aromatic rings. The first-order chi connectivity index (χ1) is 6.53. The van der Waals surface area contributed by atoms with Gasteiger partial charge in [-0.25, -0.2) is 4.98 Å². The van der Waals surface area contributed by atoms with Crippen molar-refractivity contribution < 1.29 is 5.11 Å². The van der Waals surface area contributed by atoms with E-state index in [0.29, 0.717) is 18.1 Å². The molecule has 0 amide bonds. The van der Waals surface area contributed by atoms with E-state index >= 15 is 0 Å². The maximum absolute atomic E-state index is 9.74. The Morgan fingerprint density at radius 3 is 2.93 bits per heavy atom. The molecule has 0 saturated heterocycles. The summed E-state index contributed by atoms with van der Waals surface area (Å²) >= 11 is 5.72. The maximum Gasteiger partial charge on any atom is 0.131 e. The molecule has 0 saturated carbocycles. The summed E-state index contributed by atoms with van der Waals surface area (Å²) in [5.74, 6) is 0. The van der Waals surface area contributed by atoms with Crippen LogP contribution in [0.2, 0.25) is 5.15 Å². The number of anilines is 1. The van der Waals surface area contributed by atoms with Gasteiger partial charge in [-0.2, -0.15) is 0 Å². The molecule has 0 spiro atoms. The molecule has 2 N–H and O–H groups in total. The fourth-order valence-electron chi connectivity index (χ4n) is 0.930. The molecule has 3 nitrogen and oxygen atoms in total. The molecule has 1 atom stereocenters. The third-order valence-corrected chi connectivity index (χ3v) is 2.37. The lowest BCUT2D eigenvalue weighted by Gasteiger charge is -2.22. The fourth-order valence-corrected chi connectivity index (χ4v) is 1.10. The predicted molar refractivity (Wildman–Crippen MR) is 58.7 cm³/mol. The number of hydrogen-bond donors (Lipinski definition) is 2. The van der Waals surface area contributed by atoms with E-state index < -0.39 is 5.60 Å². The molecule has 1 unspecified atom stereocenters. The number of nitrogens with zero attached hydrogens (tertiary/aromatic N) is 1. The molecule has 0 aromatic carbocycles. The molecule has 0 aliphatic heterocycles. The van der Waals surface area contributed by atoms with Crippen LogP contribution in [-0.2, 0) is 0 Å². The molecule has 14 heavy (non-hydrogen) atoms. The smallest absolute Gasteiger partial charge is 0.131 e. The normalized spacial score (nSPS) is 14.9. The Labute approximate surface area is 89.1 Å². The fraction of sp³-hybridized carbons (Fsp3) is 0.500. The Balaban J connectivity index is 2.54. The summed E-state index contributed by atoms with van der Waals surface area (Å²) in [4.78, 5) is 3.87. The Kier molecular flexibility index (Phi) is 3.72. The molecule has 4 heteroatoms. The van der Waals surface area contributed by atoms with Gasteiger partial charge in [0.1, 0.15) is 5.15 Å². The molecule has 0 radical (unpaired) electrons. The van der Waals surface area contributed by atoms with Crippen LogP contribution in [0.25, 0.3) is 0 Å². The van der Waals surface area contributed by atoms with Gasteiger partial charge in [-0.05, 0) is 25.5 Å². The second kappa shape index (κ2) is 4.62. The van der Waals surface area contributed by atoms with Crippen molar-refractivity contribution in [3.05, 3.63) is 23.5 Å². The SMILES string of the molecule is CCC(C)(O)CNc1ccnc(Cl)c1. The van der Waals surface area contributed by atoms with E-state index in [1.807, 2.05) is 13.0 Å². The first kappa shape index (κ1) is 11.3. The van der Waals surface area contributed by atoms with E-state index in [4.69, 9.17) is 11.6 Å². The van der Waals surface area contributed by atoms with Crippen LogP contribution < -0.4 is 5.32 Å². The van der Waals surface area contributed by atoms with Gasteiger partial charge >= 0.3 is 0 Å². The third kappa shape index (κ3) is 3.52. The quantitative estimate of drug-likeness (QED) is 0.757. The number of rotatable bonds is 4. The van der Waals surface area contributed by atoms with Crippen LogP contribution in [0.5, 0.6) is 0 Å². The van der Waals surface area contributed by atoms with Crippen molar-refractivity contribution in [3.63, 3.8) is 0 Å². The van der Waals surface area contributed by atoms with Gasteiger partial charge in [0, 0.05) is 18.4 Å². The topological polar surface area (TPSA) is 45.1 Å². The van der Waals surface area contributed by atoms with E-state index in [0.717, 1.165) is 5.69 Å². The Morgan fingerprint density at radius 2 is 2.36 bits per heavy atom. The van der Waals surface area contributed by atoms with Crippen molar-refractivity contribution in [3.8, 4) is 0 Å². The van der Waals surface area contributed by atoms with E-state index in [1.165, 1.54) is 0 Å². The maximum atomic E-state index is 9.74. The van der Waals surface area contributed by atoms with Gasteiger partial charge in [0.05, 0.1) is 5.60 Å². The molecule has 1 aromatic heterocycles. The van der Waals surface area contributed by atoms with Gasteiger partial charge in [-0.1, -0.05) is 18.5 Å². The van der Waals surface area contributed by atoms with Gasteiger partial charge in [0.2, 0.25) is 0 Å². The number of aromatic nitrogens is 1. The highest BCUT2D eigenvalue weighted by Crippen LogP contribution is 2.14. The highest BCUT2D eigenvalue weighted by molar-refractivity contribution is 6.29. The van der Waals surface area contributed by atoms with Crippen molar-refractivity contribution in [2.24, 2.45) is 0 Å². The molecule has 78 valence electrons. The number of halogens is 1. The van der Waals surface area contributed by atoms with Crippen molar-refractivity contribution in [2.75, 3.05) is 11.9 Å². The molecule has 1 rings (SSSR count). The molecule has 1 heterocycles. The minimum atomic E-state index is -0.685. The monoisotopic (exact) mass is 214 g/mol. The van der Waals surface area contributed by atoms with Crippen molar-refractivity contribution in [1.29, 1.82) is 0 Å². The zero-order valence-corrected chi connectivity index (χ0v) is 9.17. The number of nitrogens with one attached hydrogen (secondary N) is 1. The van der Waals surface area contributed by atoms with Crippen LogP contribution in [0.15, 0.2) is 18.3 Å². The van der Waals surface area contributed by atoms with Gasteiger partial charge in [0.25, 0.3) is 0 Å². The van der Waals surface area contributed by atoms with E-state index in [1.54, 1.807) is 19.2 Å². The number of aliphatic hydroxyl groups is 1. The zero-order valence-electron chi connectivity index (χ0n) is 8.42. The highest BCUT2D eigenvalue weighted by Gasteiger charge is 2.16. The standard InChI is InChI=1S/C10H15ClN2O/c1-3-10(2,14)7-13-8-4-5-12-9(11)6-8/h4-6,14H,3,7H2,1-2H3,(H,12,13). The van der Waals surface area contributed by atoms with Gasteiger partial charge < -0.3 is 10.4 Å². The van der Waals surface area contributed by atoms with E-state index in [2.05, 4.69) is 10.3 Å². The summed E-state index contributed by atoms with van der Waals surface area (Å²) in [5.41, 5.74) is 0.189. The zero-order chi connectivity index (χ0) is 10.6. The Hall–Kier alpha value is -0.800. The second-order valence-electron chi connectivity index (χ2n) is 3.57. The first-order valence-electron chi connectivity index (χ1n) is 4.61.